The van der Waals surface area contributed by atoms with Gasteiger partial charge in [-0.3, -0.25) is 9.59 Å². The molecule has 1 aliphatic heterocycles. The van der Waals surface area contributed by atoms with E-state index in [0.29, 0.717) is 12.8 Å². The lowest BCUT2D eigenvalue weighted by molar-refractivity contribution is -0.143. The smallest absolute Gasteiger partial charge is 0.242 e. The summed E-state index contributed by atoms with van der Waals surface area (Å²) < 4.78 is 0. The number of hydrogen-bond acceptors (Lipinski definition) is 3. The Balaban J connectivity index is 2.10. The maximum atomic E-state index is 13.1. The highest BCUT2D eigenvalue weighted by molar-refractivity contribution is 6.01. The minimum Gasteiger partial charge on any atom is -0.294 e. The maximum Gasteiger partial charge on any atom is 0.242 e. The molecule has 4 heteroatoms. The molecule has 0 saturated heterocycles. The number of hydrazine groups is 1. The summed E-state index contributed by atoms with van der Waals surface area (Å²) in [6, 6.07) is 8.47. The van der Waals surface area contributed by atoms with E-state index < -0.39 is 0 Å². The molecule has 1 aromatic carbocycles. The van der Waals surface area contributed by atoms with Crippen molar-refractivity contribution in [3.63, 3.8) is 0 Å². The van der Waals surface area contributed by atoms with Crippen LogP contribution in [0.2, 0.25) is 0 Å². The molecule has 0 aromatic heterocycles. The van der Waals surface area contributed by atoms with Crippen molar-refractivity contribution in [1.82, 2.24) is 10.0 Å². The molecule has 146 valence electrons. The molecule has 0 fully saturated rings. The largest absolute Gasteiger partial charge is 0.294 e. The molecule has 0 saturated carbocycles. The first-order chi connectivity index (χ1) is 12.4. The number of amides is 1. The first kappa shape index (κ1) is 19.8. The number of carbonyl (C=O) groups excluding carboxylic acids is 2. The molecule has 1 atom stereocenters. The van der Waals surface area contributed by atoms with Gasteiger partial charge in [0.25, 0.3) is 0 Å². The zero-order valence-electron chi connectivity index (χ0n) is 17.7. The van der Waals surface area contributed by atoms with E-state index in [1.165, 1.54) is 5.56 Å². The van der Waals surface area contributed by atoms with Crippen LogP contribution in [0.1, 0.15) is 70.9 Å². The highest BCUT2D eigenvalue weighted by Crippen LogP contribution is 2.47. The van der Waals surface area contributed by atoms with Gasteiger partial charge in [0.05, 0.1) is 0 Å². The number of rotatable bonds is 2. The Bertz CT molecular complexity index is 795. The second-order valence-electron chi connectivity index (χ2n) is 9.98. The lowest BCUT2D eigenvalue weighted by atomic mass is 9.69. The Hall–Kier alpha value is -1.94. The fourth-order valence-corrected chi connectivity index (χ4v) is 4.36. The third-order valence-corrected chi connectivity index (χ3v) is 5.69. The quantitative estimate of drug-likeness (QED) is 0.776. The van der Waals surface area contributed by atoms with Gasteiger partial charge < -0.3 is 0 Å². The van der Waals surface area contributed by atoms with Crippen molar-refractivity contribution in [2.24, 2.45) is 5.41 Å². The molecular formula is C23H32N2O2. The van der Waals surface area contributed by atoms with Crippen molar-refractivity contribution in [2.75, 3.05) is 14.1 Å². The molecule has 1 aromatic rings. The van der Waals surface area contributed by atoms with Crippen molar-refractivity contribution in [1.29, 1.82) is 0 Å². The van der Waals surface area contributed by atoms with Crippen LogP contribution in [0.3, 0.4) is 0 Å². The highest BCUT2D eigenvalue weighted by atomic mass is 16.2. The molecule has 4 nitrogen and oxygen atoms in total. The Morgan fingerprint density at radius 3 is 2.15 bits per heavy atom. The van der Waals surface area contributed by atoms with Crippen LogP contribution in [0.4, 0.5) is 0 Å². The standard InChI is InChI=1S/C23H32N2O2/c1-22(2,3)16-10-8-15(9-11-16)17-12-20(27)25(24(6)7)18-13-23(4,5)14-19(26)21(17)18/h8-11,17H,12-14H2,1-7H3/t17-/m1/s1. The fourth-order valence-electron chi connectivity index (χ4n) is 4.36. The normalized spacial score (nSPS) is 23.1. The van der Waals surface area contributed by atoms with E-state index in [1.54, 1.807) is 5.01 Å². The van der Waals surface area contributed by atoms with Crippen LogP contribution < -0.4 is 0 Å². The van der Waals surface area contributed by atoms with Gasteiger partial charge in [0.1, 0.15) is 0 Å². The van der Waals surface area contributed by atoms with Crippen LogP contribution in [0.15, 0.2) is 35.5 Å². The average molecular weight is 369 g/mol. The zero-order chi connectivity index (χ0) is 20.1. The molecule has 2 aliphatic rings. The van der Waals surface area contributed by atoms with Crippen molar-refractivity contribution in [3.05, 3.63) is 46.7 Å². The van der Waals surface area contributed by atoms with E-state index >= 15 is 0 Å². The van der Waals surface area contributed by atoms with Gasteiger partial charge in [-0.2, -0.15) is 0 Å². The molecule has 3 rings (SSSR count). The minimum absolute atomic E-state index is 0.0640. The van der Waals surface area contributed by atoms with Crippen LogP contribution in [0, 0.1) is 5.41 Å². The first-order valence-electron chi connectivity index (χ1n) is 9.77. The number of hydrogen-bond donors (Lipinski definition) is 0. The first-order valence-corrected chi connectivity index (χ1v) is 9.77. The Morgan fingerprint density at radius 2 is 1.63 bits per heavy atom. The molecule has 0 radical (unpaired) electrons. The van der Waals surface area contributed by atoms with Crippen LogP contribution in [0.5, 0.6) is 0 Å². The predicted octanol–water partition coefficient (Wildman–Crippen LogP) is 4.42. The molecular weight excluding hydrogens is 336 g/mol. The molecule has 0 N–H and O–H groups in total. The molecule has 1 amide bonds. The summed E-state index contributed by atoms with van der Waals surface area (Å²) in [7, 11) is 3.74. The van der Waals surface area contributed by atoms with Crippen LogP contribution in [0.25, 0.3) is 0 Å². The van der Waals surface area contributed by atoms with Crippen LogP contribution in [-0.4, -0.2) is 35.8 Å². The van der Waals surface area contributed by atoms with Crippen molar-refractivity contribution >= 4 is 11.7 Å². The van der Waals surface area contributed by atoms with E-state index in [0.717, 1.165) is 23.3 Å². The lowest BCUT2D eigenvalue weighted by Crippen LogP contribution is -2.49. The SMILES string of the molecule is CN(C)N1C(=O)C[C@H](c2ccc(C(C)(C)C)cc2)C2=C1CC(C)(C)CC2=O. The van der Waals surface area contributed by atoms with Gasteiger partial charge in [-0.15, -0.1) is 0 Å². The number of carbonyl (C=O) groups is 2. The minimum atomic E-state index is -0.138. The number of nitrogens with zero attached hydrogens (tertiary/aromatic N) is 2. The van der Waals surface area contributed by atoms with Gasteiger partial charge in [0.2, 0.25) is 5.91 Å². The van der Waals surface area contributed by atoms with E-state index in [2.05, 4.69) is 58.9 Å². The van der Waals surface area contributed by atoms with Gasteiger partial charge in [-0.25, -0.2) is 10.0 Å². The summed E-state index contributed by atoms with van der Waals surface area (Å²) in [5.74, 6) is 0.112. The molecule has 27 heavy (non-hydrogen) atoms. The van der Waals surface area contributed by atoms with Crippen molar-refractivity contribution < 1.29 is 9.59 Å². The van der Waals surface area contributed by atoms with Crippen molar-refractivity contribution in [2.45, 2.75) is 65.2 Å². The average Bonchev–Trinajstić information content (AvgIpc) is 2.51. The Morgan fingerprint density at radius 1 is 1.04 bits per heavy atom. The number of ketones is 1. The summed E-state index contributed by atoms with van der Waals surface area (Å²) in [6.07, 6.45) is 1.63. The fraction of sp³-hybridized carbons (Fsp3) is 0.565. The zero-order valence-corrected chi connectivity index (χ0v) is 17.7. The van der Waals surface area contributed by atoms with E-state index in [4.69, 9.17) is 0 Å². The molecule has 0 spiro atoms. The van der Waals surface area contributed by atoms with Crippen LogP contribution >= 0.6 is 0 Å². The van der Waals surface area contributed by atoms with Gasteiger partial charge in [-0.05, 0) is 28.4 Å². The van der Waals surface area contributed by atoms with E-state index in [1.807, 2.05) is 19.1 Å². The Labute approximate surface area is 163 Å². The monoisotopic (exact) mass is 368 g/mol. The van der Waals surface area contributed by atoms with Gasteiger partial charge >= 0.3 is 0 Å². The summed E-state index contributed by atoms with van der Waals surface area (Å²) >= 11 is 0. The van der Waals surface area contributed by atoms with Gasteiger partial charge in [0, 0.05) is 44.1 Å². The number of Topliss-reactive ketones (excluding diaryl/α,β-unsaturated/α-hetero) is 1. The van der Waals surface area contributed by atoms with Gasteiger partial charge in [0.15, 0.2) is 5.78 Å². The number of allylic oxidation sites excluding steroid dienone is 2. The maximum absolute atomic E-state index is 13.1. The third-order valence-electron chi connectivity index (χ3n) is 5.69. The summed E-state index contributed by atoms with van der Waals surface area (Å²) in [5.41, 5.74) is 4.01. The second-order valence-corrected chi connectivity index (χ2v) is 9.98. The van der Waals surface area contributed by atoms with Crippen LogP contribution in [-0.2, 0) is 15.0 Å². The molecule has 1 heterocycles. The topological polar surface area (TPSA) is 40.6 Å². The number of benzene rings is 1. The Kier molecular flexibility index (Phi) is 4.84. The molecule has 0 unspecified atom stereocenters. The second kappa shape index (κ2) is 6.59. The molecule has 0 bridgehead atoms. The molecule has 1 aliphatic carbocycles. The van der Waals surface area contributed by atoms with Gasteiger partial charge in [-0.1, -0.05) is 58.9 Å². The summed E-state index contributed by atoms with van der Waals surface area (Å²) in [5, 5.41) is 3.53. The lowest BCUT2D eigenvalue weighted by Gasteiger charge is -2.44. The van der Waals surface area contributed by atoms with Crippen molar-refractivity contribution in [3.8, 4) is 0 Å². The third kappa shape index (κ3) is 3.73. The van der Waals surface area contributed by atoms with E-state index in [9.17, 15) is 9.59 Å². The van der Waals surface area contributed by atoms with E-state index in [-0.39, 0.29) is 28.4 Å². The highest BCUT2D eigenvalue weighted by Gasteiger charge is 2.44. The summed E-state index contributed by atoms with van der Waals surface area (Å²) in [6.45, 7) is 10.8. The predicted molar refractivity (Wildman–Crippen MR) is 108 cm³/mol. The summed E-state index contributed by atoms with van der Waals surface area (Å²) in [4.78, 5) is 26.1.